The Hall–Kier alpha value is -1.87. The molecule has 0 spiro atoms. The van der Waals surface area contributed by atoms with E-state index in [0.717, 1.165) is 23.4 Å². The quantitative estimate of drug-likeness (QED) is 0.911. The summed E-state index contributed by atoms with van der Waals surface area (Å²) in [5.41, 5.74) is 4.24. The Morgan fingerprint density at radius 1 is 1.21 bits per heavy atom. The smallest absolute Gasteiger partial charge is 0.186 e. The van der Waals surface area contributed by atoms with Gasteiger partial charge in [0, 0.05) is 35.8 Å². The number of pyridine rings is 1. The topological polar surface area (TPSA) is 34.0 Å². The molecule has 0 radical (unpaired) electrons. The monoisotopic (exact) mass is 256 g/mol. The molecule has 0 saturated carbocycles. The van der Waals surface area contributed by atoms with Crippen LogP contribution in [-0.2, 0) is 13.0 Å². The lowest BCUT2D eigenvalue weighted by atomic mass is 10.1. The van der Waals surface area contributed by atoms with E-state index < -0.39 is 0 Å². The molecular formula is C16H20N2O. The van der Waals surface area contributed by atoms with Gasteiger partial charge in [0.2, 0.25) is 0 Å². The van der Waals surface area contributed by atoms with E-state index in [2.05, 4.69) is 41.1 Å². The highest BCUT2D eigenvalue weighted by Gasteiger charge is 2.05. The molecule has 0 aliphatic heterocycles. The number of nitrogens with one attached hydrogen (secondary N) is 1. The Morgan fingerprint density at radius 3 is 2.47 bits per heavy atom. The first kappa shape index (κ1) is 13.6. The van der Waals surface area contributed by atoms with Crippen LogP contribution in [0.4, 0.5) is 0 Å². The van der Waals surface area contributed by atoms with Gasteiger partial charge in [-0.05, 0) is 38.1 Å². The van der Waals surface area contributed by atoms with Gasteiger partial charge in [-0.25, -0.2) is 0 Å². The molecule has 0 fully saturated rings. The van der Waals surface area contributed by atoms with Crippen LogP contribution in [0.25, 0.3) is 5.69 Å². The largest absolute Gasteiger partial charge is 0.321 e. The van der Waals surface area contributed by atoms with Gasteiger partial charge in [-0.15, -0.1) is 0 Å². The molecule has 0 unspecified atom stereocenters. The molecule has 0 atom stereocenters. The van der Waals surface area contributed by atoms with Crippen molar-refractivity contribution in [2.24, 2.45) is 0 Å². The van der Waals surface area contributed by atoms with E-state index in [-0.39, 0.29) is 5.43 Å². The second-order valence-electron chi connectivity index (χ2n) is 4.72. The Bertz CT molecular complexity index is 612. The molecule has 2 rings (SSSR count). The van der Waals surface area contributed by atoms with E-state index >= 15 is 0 Å². The van der Waals surface area contributed by atoms with E-state index in [0.29, 0.717) is 6.54 Å². The number of hydrogen-bond donors (Lipinski definition) is 1. The minimum Gasteiger partial charge on any atom is -0.321 e. The van der Waals surface area contributed by atoms with Crippen LogP contribution in [0.2, 0.25) is 0 Å². The van der Waals surface area contributed by atoms with E-state index in [1.165, 1.54) is 5.56 Å². The maximum atomic E-state index is 11.9. The summed E-state index contributed by atoms with van der Waals surface area (Å²) < 4.78 is 2.06. The van der Waals surface area contributed by atoms with Crippen LogP contribution < -0.4 is 10.7 Å². The van der Waals surface area contributed by atoms with Gasteiger partial charge in [-0.1, -0.05) is 19.1 Å². The van der Waals surface area contributed by atoms with Gasteiger partial charge in [-0.2, -0.15) is 0 Å². The highest BCUT2D eigenvalue weighted by Crippen LogP contribution is 2.13. The SMILES string of the molecule is CCc1ccc(-n2cc(CNC)c(=O)cc2C)cc1. The maximum Gasteiger partial charge on any atom is 0.186 e. The van der Waals surface area contributed by atoms with Crippen LogP contribution in [0.15, 0.2) is 41.3 Å². The van der Waals surface area contributed by atoms with Crippen LogP contribution >= 0.6 is 0 Å². The predicted molar refractivity (Wildman–Crippen MR) is 78.9 cm³/mol. The fourth-order valence-corrected chi connectivity index (χ4v) is 2.17. The molecule has 100 valence electrons. The molecule has 0 aliphatic rings. The van der Waals surface area contributed by atoms with E-state index in [1.807, 2.05) is 20.2 Å². The minimum atomic E-state index is 0.0910. The average molecular weight is 256 g/mol. The van der Waals surface area contributed by atoms with E-state index in [1.54, 1.807) is 6.07 Å². The zero-order chi connectivity index (χ0) is 13.8. The summed E-state index contributed by atoms with van der Waals surface area (Å²) in [6.45, 7) is 4.69. The zero-order valence-corrected chi connectivity index (χ0v) is 11.7. The third-order valence-electron chi connectivity index (χ3n) is 3.31. The zero-order valence-electron chi connectivity index (χ0n) is 11.7. The van der Waals surface area contributed by atoms with Gasteiger partial charge in [0.25, 0.3) is 0 Å². The van der Waals surface area contributed by atoms with Gasteiger partial charge in [-0.3, -0.25) is 4.79 Å². The molecule has 1 N–H and O–H groups in total. The summed E-state index contributed by atoms with van der Waals surface area (Å²) in [5.74, 6) is 0. The number of nitrogens with zero attached hydrogens (tertiary/aromatic N) is 1. The summed E-state index contributed by atoms with van der Waals surface area (Å²) in [4.78, 5) is 11.9. The van der Waals surface area contributed by atoms with Crippen molar-refractivity contribution in [1.82, 2.24) is 9.88 Å². The first-order valence-corrected chi connectivity index (χ1v) is 6.61. The number of hydrogen-bond acceptors (Lipinski definition) is 2. The summed E-state index contributed by atoms with van der Waals surface area (Å²) in [6.07, 6.45) is 2.96. The van der Waals surface area contributed by atoms with Crippen LogP contribution in [-0.4, -0.2) is 11.6 Å². The molecule has 0 aliphatic carbocycles. The predicted octanol–water partition coefficient (Wildman–Crippen LogP) is 2.43. The standard InChI is InChI=1S/C16H20N2O/c1-4-13-5-7-15(8-6-13)18-11-14(10-17-3)16(19)9-12(18)2/h5-9,11,17H,4,10H2,1-3H3. The van der Waals surface area contributed by atoms with Crippen molar-refractivity contribution in [1.29, 1.82) is 0 Å². The molecule has 0 bridgehead atoms. The van der Waals surface area contributed by atoms with Crippen molar-refractivity contribution in [3.05, 3.63) is 63.6 Å². The lowest BCUT2D eigenvalue weighted by molar-refractivity contribution is 0.794. The highest BCUT2D eigenvalue weighted by molar-refractivity contribution is 5.37. The molecular weight excluding hydrogens is 236 g/mol. The minimum absolute atomic E-state index is 0.0910. The molecule has 0 amide bonds. The summed E-state index contributed by atoms with van der Waals surface area (Å²) in [7, 11) is 1.85. The third kappa shape index (κ3) is 2.93. The molecule has 19 heavy (non-hydrogen) atoms. The summed E-state index contributed by atoms with van der Waals surface area (Å²) in [6, 6.07) is 10.1. The first-order valence-electron chi connectivity index (χ1n) is 6.61. The highest BCUT2D eigenvalue weighted by atomic mass is 16.1. The van der Waals surface area contributed by atoms with Crippen molar-refractivity contribution in [3.63, 3.8) is 0 Å². The number of aromatic nitrogens is 1. The van der Waals surface area contributed by atoms with Crippen molar-refractivity contribution in [2.75, 3.05) is 7.05 Å². The second-order valence-corrected chi connectivity index (χ2v) is 4.72. The van der Waals surface area contributed by atoms with Gasteiger partial charge < -0.3 is 9.88 Å². The molecule has 2 aromatic rings. The second kappa shape index (κ2) is 5.85. The van der Waals surface area contributed by atoms with Crippen LogP contribution in [0.3, 0.4) is 0 Å². The molecule has 1 aromatic heterocycles. The lowest BCUT2D eigenvalue weighted by Gasteiger charge is -2.13. The lowest BCUT2D eigenvalue weighted by Crippen LogP contribution is -2.19. The van der Waals surface area contributed by atoms with Crippen molar-refractivity contribution >= 4 is 0 Å². The first-order chi connectivity index (χ1) is 9.15. The van der Waals surface area contributed by atoms with Gasteiger partial charge in [0.05, 0.1) is 0 Å². The van der Waals surface area contributed by atoms with Gasteiger partial charge in [0.1, 0.15) is 0 Å². The summed E-state index contributed by atoms with van der Waals surface area (Å²) >= 11 is 0. The van der Waals surface area contributed by atoms with Gasteiger partial charge in [0.15, 0.2) is 5.43 Å². The molecule has 3 heteroatoms. The Kier molecular flexibility index (Phi) is 4.17. The van der Waals surface area contributed by atoms with Crippen molar-refractivity contribution < 1.29 is 0 Å². The fourth-order valence-electron chi connectivity index (χ4n) is 2.17. The number of aryl methyl sites for hydroxylation is 2. The van der Waals surface area contributed by atoms with E-state index in [9.17, 15) is 4.79 Å². The van der Waals surface area contributed by atoms with E-state index in [4.69, 9.17) is 0 Å². The van der Waals surface area contributed by atoms with Crippen LogP contribution in [0, 0.1) is 6.92 Å². The van der Waals surface area contributed by atoms with Crippen molar-refractivity contribution in [2.45, 2.75) is 26.8 Å². The molecule has 1 heterocycles. The van der Waals surface area contributed by atoms with Crippen molar-refractivity contribution in [3.8, 4) is 5.69 Å². The Morgan fingerprint density at radius 2 is 1.89 bits per heavy atom. The average Bonchev–Trinajstić information content (AvgIpc) is 2.42. The number of benzene rings is 1. The van der Waals surface area contributed by atoms with Crippen LogP contribution in [0.5, 0.6) is 0 Å². The molecule has 3 nitrogen and oxygen atoms in total. The molecule has 0 saturated heterocycles. The van der Waals surface area contributed by atoms with Gasteiger partial charge >= 0.3 is 0 Å². The fraction of sp³-hybridized carbons (Fsp3) is 0.312. The Labute approximate surface area is 113 Å². The normalized spacial score (nSPS) is 10.7. The Balaban J connectivity index is 2.48. The number of rotatable bonds is 4. The summed E-state index contributed by atoms with van der Waals surface area (Å²) in [5, 5.41) is 3.03. The molecule has 1 aromatic carbocycles. The van der Waals surface area contributed by atoms with Crippen LogP contribution in [0.1, 0.15) is 23.7 Å². The third-order valence-corrected chi connectivity index (χ3v) is 3.31. The maximum absolute atomic E-state index is 11.9.